The van der Waals surface area contributed by atoms with Crippen molar-refractivity contribution in [3.05, 3.63) is 23.9 Å². The number of piperazine rings is 1. The molecule has 2 N–H and O–H groups in total. The Labute approximate surface area is 120 Å². The van der Waals surface area contributed by atoms with Gasteiger partial charge in [0.05, 0.1) is 11.7 Å². The van der Waals surface area contributed by atoms with Gasteiger partial charge in [-0.15, -0.1) is 0 Å². The van der Waals surface area contributed by atoms with Crippen molar-refractivity contribution in [1.82, 2.24) is 9.88 Å². The molecule has 1 fully saturated rings. The van der Waals surface area contributed by atoms with Crippen molar-refractivity contribution < 1.29 is 10.2 Å². The number of aliphatic hydroxyl groups excluding tert-OH is 1. The van der Waals surface area contributed by atoms with Gasteiger partial charge in [0.25, 0.3) is 0 Å². The monoisotopic (exact) mass is 279 g/mol. The van der Waals surface area contributed by atoms with Crippen LogP contribution >= 0.6 is 0 Å². The number of β-amino-alcohol motifs (C(OH)–C–C–N with tert-alkyl or cyclic N) is 1. The molecule has 0 saturated carbocycles. The van der Waals surface area contributed by atoms with E-state index >= 15 is 0 Å². The lowest BCUT2D eigenvalue weighted by Crippen LogP contribution is -2.50. The number of rotatable bonds is 4. The average Bonchev–Trinajstić information content (AvgIpc) is 2.38. The molecule has 0 aromatic carbocycles. The number of hydrogen-bond acceptors (Lipinski definition) is 5. The van der Waals surface area contributed by atoms with Crippen LogP contribution in [0.25, 0.3) is 0 Å². The quantitative estimate of drug-likeness (QED) is 0.862. The van der Waals surface area contributed by atoms with E-state index in [0.29, 0.717) is 6.54 Å². The topological polar surface area (TPSA) is 59.8 Å². The smallest absolute Gasteiger partial charge is 0.128 e. The summed E-state index contributed by atoms with van der Waals surface area (Å²) in [6.45, 7) is 9.77. The van der Waals surface area contributed by atoms with Crippen LogP contribution in [0.4, 0.5) is 5.82 Å². The van der Waals surface area contributed by atoms with E-state index in [4.69, 9.17) is 0 Å². The van der Waals surface area contributed by atoms with Gasteiger partial charge in [-0.25, -0.2) is 4.98 Å². The molecule has 20 heavy (non-hydrogen) atoms. The molecule has 0 radical (unpaired) electrons. The fraction of sp³-hybridized carbons (Fsp3) is 0.667. The number of aromatic nitrogens is 1. The SMILES string of the molecule is CC(O)c1ccnc(N2CCN(CC(C)(C)O)CC2)c1. The molecule has 5 heteroatoms. The van der Waals surface area contributed by atoms with E-state index < -0.39 is 11.7 Å². The minimum absolute atomic E-state index is 0.465. The third-order valence-corrected chi connectivity index (χ3v) is 3.56. The molecule has 1 atom stereocenters. The van der Waals surface area contributed by atoms with Gasteiger partial charge in [0.15, 0.2) is 0 Å². The lowest BCUT2D eigenvalue weighted by atomic mass is 10.1. The zero-order chi connectivity index (χ0) is 14.8. The minimum Gasteiger partial charge on any atom is -0.389 e. The minimum atomic E-state index is -0.646. The van der Waals surface area contributed by atoms with Gasteiger partial charge in [-0.05, 0) is 38.5 Å². The highest BCUT2D eigenvalue weighted by Gasteiger charge is 2.23. The van der Waals surface area contributed by atoms with Gasteiger partial charge < -0.3 is 15.1 Å². The van der Waals surface area contributed by atoms with Crippen molar-refractivity contribution in [2.75, 3.05) is 37.6 Å². The second-order valence-corrected chi connectivity index (χ2v) is 6.20. The van der Waals surface area contributed by atoms with E-state index in [0.717, 1.165) is 37.6 Å². The molecule has 0 amide bonds. The van der Waals surface area contributed by atoms with Crippen molar-refractivity contribution in [1.29, 1.82) is 0 Å². The molecule has 1 aliphatic rings. The first-order valence-electron chi connectivity index (χ1n) is 7.19. The first-order chi connectivity index (χ1) is 9.35. The predicted molar refractivity (Wildman–Crippen MR) is 79.8 cm³/mol. The summed E-state index contributed by atoms with van der Waals surface area (Å²) in [6, 6.07) is 3.80. The molecule has 1 aromatic heterocycles. The first kappa shape index (κ1) is 15.2. The van der Waals surface area contributed by atoms with Gasteiger partial charge in [0.2, 0.25) is 0 Å². The maximum Gasteiger partial charge on any atom is 0.128 e. The number of nitrogens with zero attached hydrogens (tertiary/aromatic N) is 3. The van der Waals surface area contributed by atoms with Crippen molar-refractivity contribution in [2.45, 2.75) is 32.5 Å². The second kappa shape index (κ2) is 6.08. The number of pyridine rings is 1. The fourth-order valence-corrected chi connectivity index (χ4v) is 2.55. The van der Waals surface area contributed by atoms with Crippen molar-refractivity contribution in [3.8, 4) is 0 Å². The summed E-state index contributed by atoms with van der Waals surface area (Å²) in [6.07, 6.45) is 1.29. The number of aliphatic hydroxyl groups is 2. The van der Waals surface area contributed by atoms with E-state index in [9.17, 15) is 10.2 Å². The molecule has 0 bridgehead atoms. The molecule has 1 aromatic rings. The summed E-state index contributed by atoms with van der Waals surface area (Å²) in [5.41, 5.74) is 0.251. The van der Waals surface area contributed by atoms with E-state index in [1.807, 2.05) is 26.0 Å². The third kappa shape index (κ3) is 4.16. The lowest BCUT2D eigenvalue weighted by molar-refractivity contribution is 0.0344. The van der Waals surface area contributed by atoms with E-state index in [2.05, 4.69) is 14.8 Å². The molecule has 2 rings (SSSR count). The summed E-state index contributed by atoms with van der Waals surface area (Å²) in [5.74, 6) is 0.923. The maximum atomic E-state index is 9.85. The Kier molecular flexibility index (Phi) is 4.62. The van der Waals surface area contributed by atoms with Crippen LogP contribution in [0.3, 0.4) is 0 Å². The normalized spacial score (nSPS) is 19.1. The van der Waals surface area contributed by atoms with Crippen LogP contribution in [0, 0.1) is 0 Å². The molecule has 0 aliphatic carbocycles. The van der Waals surface area contributed by atoms with Crippen LogP contribution in [-0.4, -0.2) is 58.4 Å². The Morgan fingerprint density at radius 1 is 1.30 bits per heavy atom. The number of anilines is 1. The van der Waals surface area contributed by atoms with Gasteiger partial charge in [0, 0.05) is 38.9 Å². The third-order valence-electron chi connectivity index (χ3n) is 3.56. The van der Waals surface area contributed by atoms with Crippen LogP contribution < -0.4 is 4.90 Å². The maximum absolute atomic E-state index is 9.85. The predicted octanol–water partition coefficient (Wildman–Crippen LogP) is 1.03. The Morgan fingerprint density at radius 3 is 2.50 bits per heavy atom. The van der Waals surface area contributed by atoms with Crippen LogP contribution in [0.5, 0.6) is 0 Å². The van der Waals surface area contributed by atoms with Gasteiger partial charge in [-0.2, -0.15) is 0 Å². The largest absolute Gasteiger partial charge is 0.389 e. The number of hydrogen-bond donors (Lipinski definition) is 2. The van der Waals surface area contributed by atoms with Crippen LogP contribution in [0.2, 0.25) is 0 Å². The van der Waals surface area contributed by atoms with Crippen molar-refractivity contribution in [3.63, 3.8) is 0 Å². The summed E-state index contributed by atoms with van der Waals surface area (Å²) >= 11 is 0. The average molecular weight is 279 g/mol. The highest BCUT2D eigenvalue weighted by Crippen LogP contribution is 2.19. The summed E-state index contributed by atoms with van der Waals surface area (Å²) in [7, 11) is 0. The lowest BCUT2D eigenvalue weighted by Gasteiger charge is -2.37. The standard InChI is InChI=1S/C15H25N3O2/c1-12(19)13-4-5-16-14(10-13)18-8-6-17(7-9-18)11-15(2,3)20/h4-5,10,12,19-20H,6-9,11H2,1-3H3. The molecule has 112 valence electrons. The van der Waals surface area contributed by atoms with Crippen molar-refractivity contribution in [2.24, 2.45) is 0 Å². The Morgan fingerprint density at radius 2 is 1.95 bits per heavy atom. The molecule has 1 aliphatic heterocycles. The molecule has 1 saturated heterocycles. The first-order valence-corrected chi connectivity index (χ1v) is 7.19. The van der Waals surface area contributed by atoms with Crippen LogP contribution in [0.15, 0.2) is 18.3 Å². The molecular formula is C15H25N3O2. The molecule has 5 nitrogen and oxygen atoms in total. The zero-order valence-corrected chi connectivity index (χ0v) is 12.6. The van der Waals surface area contributed by atoms with Gasteiger partial charge in [-0.1, -0.05) is 0 Å². The Hall–Kier alpha value is -1.17. The molecule has 2 heterocycles. The van der Waals surface area contributed by atoms with Crippen LogP contribution in [-0.2, 0) is 0 Å². The van der Waals surface area contributed by atoms with Gasteiger partial charge in [0.1, 0.15) is 5.82 Å². The summed E-state index contributed by atoms with van der Waals surface area (Å²) < 4.78 is 0. The Bertz CT molecular complexity index is 435. The van der Waals surface area contributed by atoms with Gasteiger partial charge >= 0.3 is 0 Å². The van der Waals surface area contributed by atoms with Crippen LogP contribution in [0.1, 0.15) is 32.4 Å². The second-order valence-electron chi connectivity index (χ2n) is 6.20. The van der Waals surface area contributed by atoms with Gasteiger partial charge in [-0.3, -0.25) is 4.90 Å². The van der Waals surface area contributed by atoms with Crippen molar-refractivity contribution >= 4 is 5.82 Å². The van der Waals surface area contributed by atoms with E-state index in [1.165, 1.54) is 0 Å². The van der Waals surface area contributed by atoms with E-state index in [1.54, 1.807) is 13.1 Å². The highest BCUT2D eigenvalue weighted by molar-refractivity contribution is 5.42. The Balaban J connectivity index is 1.95. The summed E-state index contributed by atoms with van der Waals surface area (Å²) in [4.78, 5) is 8.89. The molecular weight excluding hydrogens is 254 g/mol. The molecule has 1 unspecified atom stereocenters. The highest BCUT2D eigenvalue weighted by atomic mass is 16.3. The van der Waals surface area contributed by atoms with E-state index in [-0.39, 0.29) is 0 Å². The molecule has 0 spiro atoms. The summed E-state index contributed by atoms with van der Waals surface area (Å²) in [5, 5.41) is 19.5. The zero-order valence-electron chi connectivity index (χ0n) is 12.6. The fourth-order valence-electron chi connectivity index (χ4n) is 2.55.